The van der Waals surface area contributed by atoms with Crippen LogP contribution in [0, 0.1) is 17.8 Å². The highest BCUT2D eigenvalue weighted by Gasteiger charge is 2.32. The van der Waals surface area contributed by atoms with Gasteiger partial charge in [0.2, 0.25) is 34.2 Å². The third-order valence-corrected chi connectivity index (χ3v) is 26.1. The molecule has 0 bridgehead atoms. The lowest BCUT2D eigenvalue weighted by Gasteiger charge is -2.38. The maximum atomic E-state index is 13.5. The average molecular weight is 2000 g/mol. The van der Waals surface area contributed by atoms with Crippen LogP contribution in [-0.2, 0) is 35.3 Å². The molecule has 0 aliphatic carbocycles. The highest BCUT2D eigenvalue weighted by atomic mass is 79.9. The number of likely N-dealkylation sites (tertiary alicyclic amines) is 2. The summed E-state index contributed by atoms with van der Waals surface area (Å²) >= 11 is 11.7. The zero-order valence-corrected chi connectivity index (χ0v) is 79.3. The standard InChI is InChI=1S/C34H42F2N10O4S.C18H14F2N6O2S.C16H29BrN4O2.C14H28N4O.C2H2Br2O/c1-41(2)30(47)21-43-15-13-42(14-16-43)19-23-8-11-44(12-9-23)31(48)22-45-20-26(39-33(49)27-18-37-29-5-4-10-38-46(27)29)32(40-45)25-17-24(51-3)6-7-28(25)50-34(35)36;1-29-10-4-5-14(28-18(19)20)11(7-10)16-12(8-22-25-16)24-17(27)13-9-21-15-3-2-6-23-26(13)15;1-18(2)16(23)13-20-9-7-19(8-10-20)12-14-3-5-21(6-4-14)15(22)11-17;1-16(2)14(19)12-18-9-7-17(8-10-18)11-13-3-5-15-6-4-13;3-1-2(4)5/h4-7,10,17-18,20,23,34H,8-9,11-16,19,21-22H2,1-3H3,(H,39,49);2-9,18H,1H3,(H,22,25)(H,24,27);14H,3-13H2,1-2H3;13,15H,3-12H2,1-2H3;1H2. The van der Waals surface area contributed by atoms with Gasteiger partial charge < -0.3 is 64.6 Å². The first-order valence-corrected chi connectivity index (χ1v) is 47.6. The van der Waals surface area contributed by atoms with E-state index in [-0.39, 0.29) is 80.6 Å². The Kier molecular flexibility index (Phi) is 39.9. The van der Waals surface area contributed by atoms with Crippen molar-refractivity contribution in [1.82, 2.24) is 108 Å². The van der Waals surface area contributed by atoms with Crippen molar-refractivity contribution in [1.29, 1.82) is 0 Å². The van der Waals surface area contributed by atoms with E-state index in [2.05, 4.69) is 133 Å². The summed E-state index contributed by atoms with van der Waals surface area (Å²) in [6.07, 6.45) is 19.1. The fourth-order valence-electron chi connectivity index (χ4n) is 15.4. The third-order valence-electron chi connectivity index (χ3n) is 22.7. The van der Waals surface area contributed by atoms with Crippen LogP contribution in [0.15, 0.2) is 108 Å². The lowest BCUT2D eigenvalue weighted by Crippen LogP contribution is -2.51. The second-order valence-electron chi connectivity index (χ2n) is 32.1. The Hall–Kier alpha value is -8.76. The molecule has 8 aromatic rings. The van der Waals surface area contributed by atoms with Crippen LogP contribution in [0.2, 0.25) is 0 Å². The van der Waals surface area contributed by atoms with Crippen LogP contribution in [-0.4, -0.2) is 385 Å². The summed E-state index contributed by atoms with van der Waals surface area (Å²) in [5.41, 5.74) is 2.99. The fourth-order valence-corrected chi connectivity index (χ4v) is 16.6. The molecule has 4 N–H and O–H groups in total. The fraction of sp³-hybridized carbons (Fsp3) is 0.548. The van der Waals surface area contributed by atoms with E-state index in [0.717, 1.165) is 146 Å². The van der Waals surface area contributed by atoms with Crippen molar-refractivity contribution in [2.45, 2.75) is 68.1 Å². The number of thioether (sulfide) groups is 2. The van der Waals surface area contributed by atoms with E-state index in [1.165, 1.54) is 119 Å². The molecule has 0 saturated carbocycles. The molecule has 0 spiro atoms. The number of aromatic amines is 1. The number of nitrogens with one attached hydrogen (secondary N) is 4. The maximum absolute atomic E-state index is 13.5. The van der Waals surface area contributed by atoms with E-state index in [1.807, 2.05) is 50.5 Å². The number of aromatic nitrogens is 10. The lowest BCUT2D eigenvalue weighted by molar-refractivity contribution is -0.134. The van der Waals surface area contributed by atoms with Crippen LogP contribution in [0.3, 0.4) is 0 Å². The molecular formula is C84H115Br3F4N24O10S2. The van der Waals surface area contributed by atoms with E-state index < -0.39 is 25.0 Å². The number of amides is 7. The van der Waals surface area contributed by atoms with Gasteiger partial charge in [-0.3, -0.25) is 62.8 Å². The molecule has 0 unspecified atom stereocenters. The van der Waals surface area contributed by atoms with E-state index in [0.29, 0.717) is 83.5 Å². The number of halogens is 7. The smallest absolute Gasteiger partial charge is 0.387 e. The Balaban J connectivity index is 0.000000187. The number of ether oxygens (including phenoxy) is 2. The molecule has 2 aromatic carbocycles. The number of carbonyl (C=O) groups excluding carboxylic acids is 8. The topological polar surface area (TPSA) is 334 Å². The summed E-state index contributed by atoms with van der Waals surface area (Å²) in [6, 6.07) is 16.4. The first-order valence-electron chi connectivity index (χ1n) is 42.1. The number of piperazine rings is 3. The molecule has 0 atom stereocenters. The molecule has 0 radical (unpaired) electrons. The van der Waals surface area contributed by atoms with E-state index in [4.69, 9.17) is 4.74 Å². The molecule has 692 valence electrons. The Morgan fingerprint density at radius 2 is 0.898 bits per heavy atom. The van der Waals surface area contributed by atoms with Gasteiger partial charge >= 0.3 is 13.2 Å². The van der Waals surface area contributed by atoms with Crippen LogP contribution < -0.4 is 25.4 Å². The first-order chi connectivity index (χ1) is 61.0. The summed E-state index contributed by atoms with van der Waals surface area (Å²) in [5.74, 6) is 1.46. The van der Waals surface area contributed by atoms with Crippen molar-refractivity contribution in [3.05, 3.63) is 109 Å². The molecule has 6 aliphatic heterocycles. The molecular weight excluding hydrogens is 1880 g/mol. The average Bonchev–Trinajstić information content (AvgIpc) is 1.65. The van der Waals surface area contributed by atoms with Gasteiger partial charge in [-0.15, -0.1) is 23.5 Å². The van der Waals surface area contributed by atoms with Gasteiger partial charge in [-0.05, 0) is 158 Å². The van der Waals surface area contributed by atoms with Gasteiger partial charge in [-0.1, -0.05) is 31.9 Å². The molecule has 6 fully saturated rings. The van der Waals surface area contributed by atoms with Crippen molar-refractivity contribution in [2.75, 3.05) is 233 Å². The number of imidazole rings is 2. The number of benzene rings is 2. The highest BCUT2D eigenvalue weighted by molar-refractivity contribution is 9.19. The highest BCUT2D eigenvalue weighted by Crippen LogP contribution is 2.40. The van der Waals surface area contributed by atoms with Gasteiger partial charge in [0.05, 0.1) is 66.0 Å². The number of alkyl halides is 6. The molecule has 6 aliphatic rings. The zero-order valence-electron chi connectivity index (χ0n) is 72.9. The van der Waals surface area contributed by atoms with Gasteiger partial charge in [0.15, 0.2) is 22.7 Å². The maximum Gasteiger partial charge on any atom is 0.387 e. The molecule has 7 amide bonds. The molecule has 127 heavy (non-hydrogen) atoms. The number of carbonyl (C=O) groups is 8. The van der Waals surface area contributed by atoms with Gasteiger partial charge in [-0.25, -0.2) is 19.0 Å². The Morgan fingerprint density at radius 3 is 1.30 bits per heavy atom. The number of likely N-dealkylation sites (N-methyl/N-ethyl adjacent to an activating group) is 3. The van der Waals surface area contributed by atoms with Gasteiger partial charge in [0.1, 0.15) is 23.7 Å². The van der Waals surface area contributed by atoms with Gasteiger partial charge in [0, 0.05) is 206 Å². The Bertz CT molecular complexity index is 4890. The number of piperidine rings is 3. The van der Waals surface area contributed by atoms with Crippen LogP contribution in [0.1, 0.15) is 59.5 Å². The number of nitrogens with zero attached hydrogens (tertiary/aromatic N) is 20. The van der Waals surface area contributed by atoms with Crippen molar-refractivity contribution >= 4 is 140 Å². The minimum absolute atomic E-state index is 0.0162. The largest absolute Gasteiger partial charge is 0.434 e. The Morgan fingerprint density at radius 1 is 0.504 bits per heavy atom. The number of hydrogen-bond donors (Lipinski definition) is 4. The van der Waals surface area contributed by atoms with Crippen molar-refractivity contribution in [2.24, 2.45) is 17.8 Å². The number of anilines is 2. The molecule has 14 rings (SSSR count). The lowest BCUT2D eigenvalue weighted by atomic mass is 9.96. The molecule has 12 heterocycles. The number of hydrogen-bond acceptors (Lipinski definition) is 25. The van der Waals surface area contributed by atoms with Gasteiger partial charge in [0.25, 0.3) is 11.8 Å². The van der Waals surface area contributed by atoms with Crippen molar-refractivity contribution < 1.29 is 65.4 Å². The molecule has 6 aromatic heterocycles. The molecule has 34 nitrogen and oxygen atoms in total. The predicted octanol–water partition coefficient (Wildman–Crippen LogP) is 8.13. The Labute approximate surface area is 771 Å². The van der Waals surface area contributed by atoms with Crippen LogP contribution in [0.4, 0.5) is 28.9 Å². The van der Waals surface area contributed by atoms with Crippen LogP contribution >= 0.6 is 71.3 Å². The summed E-state index contributed by atoms with van der Waals surface area (Å²) < 4.78 is 66.2. The summed E-state index contributed by atoms with van der Waals surface area (Å²) in [4.78, 5) is 130. The van der Waals surface area contributed by atoms with E-state index in [9.17, 15) is 55.9 Å². The quantitative estimate of drug-likeness (QED) is 0.0156. The minimum Gasteiger partial charge on any atom is -0.434 e. The van der Waals surface area contributed by atoms with E-state index in [1.54, 1.807) is 77.3 Å². The van der Waals surface area contributed by atoms with Crippen molar-refractivity contribution in [3.8, 4) is 34.0 Å². The summed E-state index contributed by atoms with van der Waals surface area (Å²) in [7, 11) is 10.8. The molecule has 6 saturated heterocycles. The van der Waals surface area contributed by atoms with Crippen LogP contribution in [0.25, 0.3) is 33.8 Å². The third kappa shape index (κ3) is 30.7. The van der Waals surface area contributed by atoms with Crippen LogP contribution in [0.5, 0.6) is 11.5 Å². The van der Waals surface area contributed by atoms with E-state index >= 15 is 0 Å². The second-order valence-corrected chi connectivity index (χ2v) is 35.8. The van der Waals surface area contributed by atoms with Crippen molar-refractivity contribution in [3.63, 3.8) is 0 Å². The van der Waals surface area contributed by atoms with Gasteiger partial charge in [-0.2, -0.15) is 38.0 Å². The molecule has 43 heteroatoms. The summed E-state index contributed by atoms with van der Waals surface area (Å²) in [6.45, 7) is 16.0. The first kappa shape index (κ1) is 100. The predicted molar refractivity (Wildman–Crippen MR) is 491 cm³/mol. The number of fused-ring (bicyclic) bond motifs is 2. The zero-order chi connectivity index (χ0) is 91.2. The minimum atomic E-state index is -3.08. The SMILES string of the molecule is CN(C)C(=O)CN1CCN(CC2CCN(C(=O)CBr)CC2)CC1.CN(C)C(=O)CN1CCN(CC2CCNCC2)CC1.CSc1ccc(OC(F)F)c(-c2[nH]ncc2NC(=O)c2cnc3cccnn23)c1.CSc1ccc(OC(F)F)c(-c2nn(CC(=O)N3CCC(CN4CCN(CC(=O)N(C)C)CC4)CC3)cc2NC(=O)c2cnc3cccnn23)c1.O=C(Br)CBr. The summed E-state index contributed by atoms with van der Waals surface area (Å²) in [5, 5.41) is 29.4. The second kappa shape index (κ2) is 50.4. The number of rotatable bonds is 28. The monoisotopic (exact) mass is 2000 g/mol. The normalized spacial score (nSPS) is 16.7. The number of H-pyrrole nitrogens is 1.